The molecule has 0 bridgehead atoms. The van der Waals surface area contributed by atoms with Gasteiger partial charge in [0.05, 0.1) is 11.4 Å². The third kappa shape index (κ3) is 3.85. The smallest absolute Gasteiger partial charge is 0.259 e. The van der Waals surface area contributed by atoms with Crippen molar-refractivity contribution in [2.24, 2.45) is 0 Å². The van der Waals surface area contributed by atoms with Gasteiger partial charge in [0.15, 0.2) is 4.96 Å². The van der Waals surface area contributed by atoms with Crippen LogP contribution in [0.2, 0.25) is 0 Å². The molecule has 2 aromatic carbocycles. The standard InChI is InChI=1S/C21H17F2N3OS/c1-25(11-14-2-6-16(22)7-3-14)12-18-10-20(27)26-19(13-28-21(26)24-18)15-4-8-17(23)9-5-15/h2-10,13H,11-12H2,1H3. The Morgan fingerprint density at radius 1 is 1.00 bits per heavy atom. The molecule has 0 saturated carbocycles. The quantitative estimate of drug-likeness (QED) is 0.503. The fraction of sp³-hybridized carbons (Fsp3) is 0.143. The average molecular weight is 397 g/mol. The van der Waals surface area contributed by atoms with Crippen LogP contribution in [0.1, 0.15) is 11.3 Å². The summed E-state index contributed by atoms with van der Waals surface area (Å²) in [6.07, 6.45) is 0. The molecule has 4 rings (SSSR count). The molecule has 0 aliphatic heterocycles. The van der Waals surface area contributed by atoms with Gasteiger partial charge < -0.3 is 0 Å². The normalized spacial score (nSPS) is 11.4. The van der Waals surface area contributed by atoms with Gasteiger partial charge >= 0.3 is 0 Å². The van der Waals surface area contributed by atoms with Gasteiger partial charge in [-0.05, 0) is 54.6 Å². The summed E-state index contributed by atoms with van der Waals surface area (Å²) in [4.78, 5) is 19.9. The molecule has 0 saturated heterocycles. The molecule has 4 aromatic rings. The number of benzene rings is 2. The summed E-state index contributed by atoms with van der Waals surface area (Å²) in [6.45, 7) is 1.11. The highest BCUT2D eigenvalue weighted by Crippen LogP contribution is 2.24. The van der Waals surface area contributed by atoms with Gasteiger partial charge in [0.25, 0.3) is 5.56 Å². The molecular formula is C21H17F2N3OS. The van der Waals surface area contributed by atoms with Crippen LogP contribution in [0.4, 0.5) is 8.78 Å². The fourth-order valence-electron chi connectivity index (χ4n) is 3.10. The Hall–Kier alpha value is -2.90. The van der Waals surface area contributed by atoms with Crippen molar-refractivity contribution in [3.8, 4) is 11.3 Å². The van der Waals surface area contributed by atoms with Gasteiger partial charge in [-0.1, -0.05) is 12.1 Å². The van der Waals surface area contributed by atoms with E-state index in [1.165, 1.54) is 41.7 Å². The van der Waals surface area contributed by atoms with Gasteiger partial charge in [-0.15, -0.1) is 11.3 Å². The molecule has 0 aliphatic carbocycles. The summed E-state index contributed by atoms with van der Waals surface area (Å²) in [6, 6.07) is 13.9. The number of fused-ring (bicyclic) bond motifs is 1. The Bertz CT molecular complexity index is 1170. The van der Waals surface area contributed by atoms with Gasteiger partial charge in [0.1, 0.15) is 11.6 Å². The van der Waals surface area contributed by atoms with E-state index in [2.05, 4.69) is 4.98 Å². The van der Waals surface area contributed by atoms with Crippen molar-refractivity contribution >= 4 is 16.3 Å². The van der Waals surface area contributed by atoms with Gasteiger partial charge in [-0.2, -0.15) is 0 Å². The second-order valence-electron chi connectivity index (χ2n) is 6.63. The number of aromatic nitrogens is 2. The van der Waals surface area contributed by atoms with Crippen molar-refractivity contribution in [3.63, 3.8) is 0 Å². The minimum atomic E-state index is -0.319. The highest BCUT2D eigenvalue weighted by molar-refractivity contribution is 7.15. The summed E-state index contributed by atoms with van der Waals surface area (Å²) in [5, 5.41) is 1.85. The zero-order valence-electron chi connectivity index (χ0n) is 15.1. The molecule has 0 atom stereocenters. The maximum atomic E-state index is 13.2. The number of hydrogen-bond donors (Lipinski definition) is 0. The van der Waals surface area contributed by atoms with Gasteiger partial charge in [0, 0.05) is 24.5 Å². The van der Waals surface area contributed by atoms with E-state index in [9.17, 15) is 13.6 Å². The van der Waals surface area contributed by atoms with Crippen LogP contribution in [-0.2, 0) is 13.1 Å². The molecule has 28 heavy (non-hydrogen) atoms. The second-order valence-corrected chi connectivity index (χ2v) is 7.47. The monoisotopic (exact) mass is 397 g/mol. The zero-order chi connectivity index (χ0) is 19.7. The Labute approximate surface area is 164 Å². The Balaban J connectivity index is 1.58. The highest BCUT2D eigenvalue weighted by Gasteiger charge is 2.12. The summed E-state index contributed by atoms with van der Waals surface area (Å²) in [5.41, 5.74) is 2.94. The Morgan fingerprint density at radius 2 is 1.64 bits per heavy atom. The van der Waals surface area contributed by atoms with E-state index in [-0.39, 0.29) is 17.2 Å². The first-order valence-electron chi connectivity index (χ1n) is 8.69. The number of thiazole rings is 1. The average Bonchev–Trinajstić information content (AvgIpc) is 3.09. The van der Waals surface area contributed by atoms with Crippen LogP contribution in [-0.4, -0.2) is 21.3 Å². The fourth-order valence-corrected chi connectivity index (χ4v) is 4.02. The van der Waals surface area contributed by atoms with Crippen LogP contribution in [0.5, 0.6) is 0 Å². The second kappa shape index (κ2) is 7.61. The lowest BCUT2D eigenvalue weighted by Crippen LogP contribution is -2.21. The first kappa shape index (κ1) is 18.5. The Morgan fingerprint density at radius 3 is 2.32 bits per heavy atom. The lowest BCUT2D eigenvalue weighted by Gasteiger charge is -2.16. The van der Waals surface area contributed by atoms with E-state index in [0.717, 1.165) is 11.1 Å². The molecule has 0 aliphatic rings. The summed E-state index contributed by atoms with van der Waals surface area (Å²) < 4.78 is 27.7. The van der Waals surface area contributed by atoms with Crippen LogP contribution in [0, 0.1) is 11.6 Å². The van der Waals surface area contributed by atoms with Crippen LogP contribution < -0.4 is 5.56 Å². The molecule has 2 heterocycles. The first-order chi connectivity index (χ1) is 13.5. The summed E-state index contributed by atoms with van der Waals surface area (Å²) >= 11 is 1.37. The lowest BCUT2D eigenvalue weighted by molar-refractivity contribution is 0.315. The SMILES string of the molecule is CN(Cc1ccc(F)cc1)Cc1cc(=O)n2c(-c3ccc(F)cc3)csc2n1. The minimum absolute atomic E-state index is 0.171. The largest absolute Gasteiger partial charge is 0.296 e. The molecule has 0 fully saturated rings. The molecule has 142 valence electrons. The zero-order valence-corrected chi connectivity index (χ0v) is 15.9. The lowest BCUT2D eigenvalue weighted by atomic mass is 10.2. The van der Waals surface area contributed by atoms with Crippen LogP contribution in [0.25, 0.3) is 16.2 Å². The van der Waals surface area contributed by atoms with E-state index < -0.39 is 0 Å². The van der Waals surface area contributed by atoms with Gasteiger partial charge in [0.2, 0.25) is 0 Å². The molecular weight excluding hydrogens is 380 g/mol. The molecule has 2 aromatic heterocycles. The molecule has 0 N–H and O–H groups in total. The Kier molecular flexibility index (Phi) is 5.02. The van der Waals surface area contributed by atoms with E-state index in [0.29, 0.717) is 29.4 Å². The summed E-state index contributed by atoms with van der Waals surface area (Å²) in [5.74, 6) is -0.582. The summed E-state index contributed by atoms with van der Waals surface area (Å²) in [7, 11) is 1.92. The van der Waals surface area contributed by atoms with Crippen LogP contribution in [0.3, 0.4) is 0 Å². The minimum Gasteiger partial charge on any atom is -0.296 e. The van der Waals surface area contributed by atoms with Gasteiger partial charge in [-0.3, -0.25) is 14.1 Å². The van der Waals surface area contributed by atoms with E-state index in [1.807, 2.05) is 17.3 Å². The van der Waals surface area contributed by atoms with Crippen molar-refractivity contribution in [3.05, 3.63) is 93.2 Å². The van der Waals surface area contributed by atoms with Crippen LogP contribution in [0.15, 0.2) is 64.8 Å². The number of halogens is 2. The third-order valence-corrected chi connectivity index (χ3v) is 5.22. The van der Waals surface area contributed by atoms with Crippen molar-refractivity contribution in [1.29, 1.82) is 0 Å². The first-order valence-corrected chi connectivity index (χ1v) is 9.57. The molecule has 7 heteroatoms. The molecule has 0 radical (unpaired) electrons. The van der Waals surface area contributed by atoms with E-state index in [1.54, 1.807) is 28.7 Å². The number of hydrogen-bond acceptors (Lipinski definition) is 4. The van der Waals surface area contributed by atoms with Crippen molar-refractivity contribution < 1.29 is 8.78 Å². The number of rotatable bonds is 5. The van der Waals surface area contributed by atoms with Crippen molar-refractivity contribution in [2.75, 3.05) is 7.05 Å². The molecule has 0 amide bonds. The van der Waals surface area contributed by atoms with Crippen molar-refractivity contribution in [1.82, 2.24) is 14.3 Å². The number of nitrogens with zero attached hydrogens (tertiary/aromatic N) is 3. The third-order valence-electron chi connectivity index (χ3n) is 4.40. The van der Waals surface area contributed by atoms with Crippen LogP contribution >= 0.6 is 11.3 Å². The topological polar surface area (TPSA) is 37.6 Å². The predicted molar refractivity (Wildman–Crippen MR) is 106 cm³/mol. The molecule has 0 spiro atoms. The van der Waals surface area contributed by atoms with E-state index in [4.69, 9.17) is 0 Å². The predicted octanol–water partition coefficient (Wildman–Crippen LogP) is 4.33. The van der Waals surface area contributed by atoms with E-state index >= 15 is 0 Å². The molecule has 0 unspecified atom stereocenters. The van der Waals surface area contributed by atoms with Gasteiger partial charge in [-0.25, -0.2) is 13.8 Å². The van der Waals surface area contributed by atoms with Crippen molar-refractivity contribution in [2.45, 2.75) is 13.1 Å². The maximum Gasteiger partial charge on any atom is 0.259 e. The maximum absolute atomic E-state index is 13.2. The molecule has 4 nitrogen and oxygen atoms in total. The highest BCUT2D eigenvalue weighted by atomic mass is 32.1.